The molecule has 3 heteroatoms. The van der Waals surface area contributed by atoms with E-state index in [0.717, 1.165) is 18.6 Å². The minimum atomic E-state index is 0.639. The molecular formula is C9H11NOS. The fourth-order valence-electron chi connectivity index (χ4n) is 0.940. The number of hydrogen-bond acceptors (Lipinski definition) is 3. The third kappa shape index (κ3) is 2.55. The number of nitrogens with zero attached hydrogens (tertiary/aromatic N) is 1. The molecule has 0 N–H and O–H groups in total. The van der Waals surface area contributed by atoms with Gasteiger partial charge in [0.1, 0.15) is 5.75 Å². The second-order valence-electron chi connectivity index (χ2n) is 2.46. The van der Waals surface area contributed by atoms with Crippen molar-refractivity contribution >= 4 is 11.3 Å². The first-order valence-electron chi connectivity index (χ1n) is 3.85. The summed E-state index contributed by atoms with van der Waals surface area (Å²) in [6.45, 7) is 0. The van der Waals surface area contributed by atoms with Gasteiger partial charge in [0.25, 0.3) is 0 Å². The molecule has 0 saturated carbocycles. The summed E-state index contributed by atoms with van der Waals surface area (Å²) in [5.41, 5.74) is 0. The van der Waals surface area contributed by atoms with Gasteiger partial charge in [0.2, 0.25) is 0 Å². The zero-order valence-corrected chi connectivity index (χ0v) is 7.86. The van der Waals surface area contributed by atoms with Crippen LogP contribution in [0.5, 0.6) is 5.75 Å². The lowest BCUT2D eigenvalue weighted by atomic mass is 10.2. The Balaban J connectivity index is 2.37. The molecule has 2 nitrogen and oxygen atoms in total. The minimum absolute atomic E-state index is 0.639. The molecule has 0 bridgehead atoms. The molecule has 0 atom stereocenters. The van der Waals surface area contributed by atoms with E-state index >= 15 is 0 Å². The molecule has 0 aliphatic rings. The van der Waals surface area contributed by atoms with Crippen LogP contribution in [0.3, 0.4) is 0 Å². The summed E-state index contributed by atoms with van der Waals surface area (Å²) >= 11 is 1.69. The van der Waals surface area contributed by atoms with Gasteiger partial charge in [-0.1, -0.05) is 0 Å². The maximum atomic E-state index is 8.32. The Morgan fingerprint density at radius 3 is 3.08 bits per heavy atom. The first kappa shape index (κ1) is 9.08. The third-order valence-corrected chi connectivity index (χ3v) is 2.55. The van der Waals surface area contributed by atoms with Crippen molar-refractivity contribution in [2.24, 2.45) is 0 Å². The summed E-state index contributed by atoms with van der Waals surface area (Å²) < 4.78 is 5.05. The van der Waals surface area contributed by atoms with Crippen molar-refractivity contribution < 1.29 is 4.74 Å². The Morgan fingerprint density at radius 2 is 2.50 bits per heavy atom. The molecule has 0 unspecified atom stereocenters. The zero-order chi connectivity index (χ0) is 8.81. The van der Waals surface area contributed by atoms with Crippen LogP contribution in [0.1, 0.15) is 17.7 Å². The first-order chi connectivity index (χ1) is 5.86. The van der Waals surface area contributed by atoms with Crippen LogP contribution >= 0.6 is 11.3 Å². The van der Waals surface area contributed by atoms with Gasteiger partial charge >= 0.3 is 0 Å². The molecule has 1 aromatic rings. The lowest BCUT2D eigenvalue weighted by molar-refractivity contribution is 0.416. The van der Waals surface area contributed by atoms with Crippen molar-refractivity contribution in [3.8, 4) is 11.8 Å². The summed E-state index contributed by atoms with van der Waals surface area (Å²) in [5.74, 6) is 0.923. The quantitative estimate of drug-likeness (QED) is 0.669. The summed E-state index contributed by atoms with van der Waals surface area (Å²) in [4.78, 5) is 1.29. The highest BCUT2D eigenvalue weighted by atomic mass is 32.1. The number of unbranched alkanes of at least 4 members (excludes halogenated alkanes) is 1. The molecule has 0 amide bonds. The van der Waals surface area contributed by atoms with E-state index in [1.165, 1.54) is 4.88 Å². The van der Waals surface area contributed by atoms with Crippen molar-refractivity contribution in [2.45, 2.75) is 19.3 Å². The summed E-state index contributed by atoms with van der Waals surface area (Å²) in [7, 11) is 1.67. The molecule has 0 aliphatic carbocycles. The van der Waals surface area contributed by atoms with Gasteiger partial charge in [0.15, 0.2) is 0 Å². The lowest BCUT2D eigenvalue weighted by Crippen LogP contribution is -1.80. The standard InChI is InChI=1S/C9H11NOS/c1-11-8-6-9(12-7-8)4-2-3-5-10/h6-7H,2-4H2,1H3. The van der Waals surface area contributed by atoms with E-state index < -0.39 is 0 Å². The topological polar surface area (TPSA) is 33.0 Å². The number of aryl methyl sites for hydroxylation is 1. The Morgan fingerprint density at radius 1 is 1.67 bits per heavy atom. The fourth-order valence-corrected chi connectivity index (χ4v) is 1.82. The highest BCUT2D eigenvalue weighted by molar-refractivity contribution is 7.10. The maximum absolute atomic E-state index is 8.32. The summed E-state index contributed by atoms with van der Waals surface area (Å²) in [6, 6.07) is 4.16. The molecule has 0 fully saturated rings. The molecule has 0 saturated heterocycles. The van der Waals surface area contributed by atoms with E-state index in [2.05, 4.69) is 6.07 Å². The Bertz CT molecular complexity index is 274. The van der Waals surface area contributed by atoms with Crippen LogP contribution in [0.15, 0.2) is 11.4 Å². The minimum Gasteiger partial charge on any atom is -0.496 e. The van der Waals surface area contributed by atoms with Crippen LogP contribution in [0, 0.1) is 11.3 Å². The van der Waals surface area contributed by atoms with Crippen molar-refractivity contribution in [3.05, 3.63) is 16.3 Å². The van der Waals surface area contributed by atoms with Crippen LogP contribution in [0.4, 0.5) is 0 Å². The van der Waals surface area contributed by atoms with Crippen LogP contribution < -0.4 is 4.74 Å². The average Bonchev–Trinajstić information content (AvgIpc) is 2.53. The Kier molecular flexibility index (Phi) is 3.62. The number of ether oxygens (including phenoxy) is 1. The van der Waals surface area contributed by atoms with Crippen molar-refractivity contribution in [2.75, 3.05) is 7.11 Å². The largest absolute Gasteiger partial charge is 0.496 e. The maximum Gasteiger partial charge on any atom is 0.129 e. The van der Waals surface area contributed by atoms with Gasteiger partial charge < -0.3 is 4.74 Å². The molecule has 0 spiro atoms. The van der Waals surface area contributed by atoms with Crippen LogP contribution in [-0.4, -0.2) is 7.11 Å². The molecule has 12 heavy (non-hydrogen) atoms. The monoisotopic (exact) mass is 181 g/mol. The SMILES string of the molecule is COc1csc(CCCC#N)c1. The molecule has 1 heterocycles. The smallest absolute Gasteiger partial charge is 0.129 e. The second kappa shape index (κ2) is 4.78. The fraction of sp³-hybridized carbons (Fsp3) is 0.444. The van der Waals surface area contributed by atoms with Crippen molar-refractivity contribution in [1.29, 1.82) is 5.26 Å². The molecule has 1 rings (SSSR count). The van der Waals surface area contributed by atoms with Crippen LogP contribution in [0.2, 0.25) is 0 Å². The van der Waals surface area contributed by atoms with Crippen LogP contribution in [-0.2, 0) is 6.42 Å². The first-order valence-corrected chi connectivity index (χ1v) is 4.73. The molecule has 0 aliphatic heterocycles. The van der Waals surface area contributed by atoms with E-state index in [0.29, 0.717) is 6.42 Å². The van der Waals surface area contributed by atoms with Gasteiger partial charge in [0.05, 0.1) is 13.2 Å². The lowest BCUT2D eigenvalue weighted by Gasteiger charge is -1.91. The average molecular weight is 181 g/mol. The van der Waals surface area contributed by atoms with Gasteiger partial charge in [-0.3, -0.25) is 0 Å². The van der Waals surface area contributed by atoms with Crippen LogP contribution in [0.25, 0.3) is 0 Å². The van der Waals surface area contributed by atoms with Gasteiger partial charge in [-0.15, -0.1) is 11.3 Å². The Labute approximate surface area is 76.4 Å². The van der Waals surface area contributed by atoms with E-state index in [-0.39, 0.29) is 0 Å². The second-order valence-corrected chi connectivity index (χ2v) is 3.46. The molecule has 0 radical (unpaired) electrons. The summed E-state index contributed by atoms with van der Waals surface area (Å²) in [6.07, 6.45) is 2.57. The van der Waals surface area contributed by atoms with Crippen molar-refractivity contribution in [1.82, 2.24) is 0 Å². The van der Waals surface area contributed by atoms with E-state index in [9.17, 15) is 0 Å². The van der Waals surface area contributed by atoms with E-state index in [1.807, 2.05) is 11.4 Å². The number of nitriles is 1. The predicted octanol–water partition coefficient (Wildman–Crippen LogP) is 2.60. The Hall–Kier alpha value is -1.01. The molecule has 64 valence electrons. The molecule has 0 aromatic carbocycles. The predicted molar refractivity (Wildman–Crippen MR) is 49.4 cm³/mol. The third-order valence-electron chi connectivity index (χ3n) is 1.58. The van der Waals surface area contributed by atoms with Gasteiger partial charge in [-0.2, -0.15) is 5.26 Å². The van der Waals surface area contributed by atoms with Gasteiger partial charge in [-0.05, 0) is 18.9 Å². The highest BCUT2D eigenvalue weighted by Gasteiger charge is 1.98. The molecule has 1 aromatic heterocycles. The number of thiophene rings is 1. The zero-order valence-electron chi connectivity index (χ0n) is 7.04. The number of hydrogen-bond donors (Lipinski definition) is 0. The number of methoxy groups -OCH3 is 1. The van der Waals surface area contributed by atoms with E-state index in [1.54, 1.807) is 18.4 Å². The van der Waals surface area contributed by atoms with Gasteiger partial charge in [-0.25, -0.2) is 0 Å². The van der Waals surface area contributed by atoms with Crippen molar-refractivity contribution in [3.63, 3.8) is 0 Å². The molecular weight excluding hydrogens is 170 g/mol. The number of rotatable bonds is 4. The normalized spacial score (nSPS) is 9.33. The highest BCUT2D eigenvalue weighted by Crippen LogP contribution is 2.22. The van der Waals surface area contributed by atoms with E-state index in [4.69, 9.17) is 10.00 Å². The van der Waals surface area contributed by atoms with Gasteiger partial charge in [0, 0.05) is 16.7 Å². The summed E-state index contributed by atoms with van der Waals surface area (Å²) in [5, 5.41) is 10.3.